The number of hydrogen-bond donors (Lipinski definition) is 2. The first-order chi connectivity index (χ1) is 9.81. The van der Waals surface area contributed by atoms with Crippen molar-refractivity contribution >= 4 is 24.2 Å². The van der Waals surface area contributed by atoms with Crippen molar-refractivity contribution in [3.05, 3.63) is 29.8 Å². The molecule has 1 N–H and O–H groups in total. The van der Waals surface area contributed by atoms with Gasteiger partial charge in [0, 0.05) is 11.2 Å². The molecule has 0 fully saturated rings. The number of nitrogens with zero attached hydrogens (tertiary/aromatic N) is 1. The largest absolute Gasteiger partial charge is 0.494 e. The quantitative estimate of drug-likeness (QED) is 0.461. The van der Waals surface area contributed by atoms with Crippen LogP contribution in [0.4, 0.5) is 0 Å². The minimum Gasteiger partial charge on any atom is -0.494 e. The molecule has 5 heteroatoms. The summed E-state index contributed by atoms with van der Waals surface area (Å²) in [7, 11) is 0. The Balaban J connectivity index is 2.59. The van der Waals surface area contributed by atoms with Crippen LogP contribution in [0.25, 0.3) is 0 Å². The number of rotatable bonds is 7. The van der Waals surface area contributed by atoms with Gasteiger partial charge in [-0.15, -0.1) is 0 Å². The van der Waals surface area contributed by atoms with Gasteiger partial charge in [-0.25, -0.2) is 5.43 Å². The van der Waals surface area contributed by atoms with E-state index in [0.717, 1.165) is 23.4 Å². The van der Waals surface area contributed by atoms with Gasteiger partial charge in [-0.1, -0.05) is 20.8 Å². The van der Waals surface area contributed by atoms with Crippen LogP contribution < -0.4 is 10.2 Å². The highest BCUT2D eigenvalue weighted by molar-refractivity contribution is 7.81. The Morgan fingerprint density at radius 2 is 1.95 bits per heavy atom. The third kappa shape index (κ3) is 7.18. The molecule has 0 aliphatic rings. The van der Waals surface area contributed by atoms with Crippen molar-refractivity contribution in [1.82, 2.24) is 5.43 Å². The molecule has 0 aliphatic carbocycles. The first-order valence-corrected chi connectivity index (χ1v) is 7.55. The SMILES string of the molecule is CCCOc1ccc(/C(C)=N/NC(=O)CC(C)(C)S)cc1. The molecular weight excluding hydrogens is 284 g/mol. The average Bonchev–Trinajstić information content (AvgIpc) is 2.41. The van der Waals surface area contributed by atoms with Gasteiger partial charge in [-0.3, -0.25) is 4.79 Å². The van der Waals surface area contributed by atoms with E-state index in [2.05, 4.69) is 30.1 Å². The first kappa shape index (κ1) is 17.6. The van der Waals surface area contributed by atoms with Gasteiger partial charge in [-0.05, 0) is 43.2 Å². The lowest BCUT2D eigenvalue weighted by atomic mass is 10.1. The highest BCUT2D eigenvalue weighted by atomic mass is 32.1. The van der Waals surface area contributed by atoms with Gasteiger partial charge in [0.1, 0.15) is 5.75 Å². The lowest BCUT2D eigenvalue weighted by molar-refractivity contribution is -0.121. The fourth-order valence-corrected chi connectivity index (χ4v) is 1.80. The monoisotopic (exact) mass is 308 g/mol. The van der Waals surface area contributed by atoms with Crippen LogP contribution in [-0.4, -0.2) is 23.0 Å². The van der Waals surface area contributed by atoms with Gasteiger partial charge in [0.2, 0.25) is 5.91 Å². The number of ether oxygens (including phenoxy) is 1. The summed E-state index contributed by atoms with van der Waals surface area (Å²) in [6.45, 7) is 8.42. The van der Waals surface area contributed by atoms with Crippen LogP contribution >= 0.6 is 12.6 Å². The predicted molar refractivity (Wildman–Crippen MR) is 90.3 cm³/mol. The molecule has 1 aromatic carbocycles. The van der Waals surface area contributed by atoms with E-state index >= 15 is 0 Å². The summed E-state index contributed by atoms with van der Waals surface area (Å²) in [4.78, 5) is 11.7. The molecule has 0 bridgehead atoms. The van der Waals surface area contributed by atoms with Gasteiger partial charge >= 0.3 is 0 Å². The van der Waals surface area contributed by atoms with Crippen LogP contribution in [0.1, 0.15) is 46.1 Å². The molecular formula is C16H24N2O2S. The van der Waals surface area contributed by atoms with Gasteiger partial charge < -0.3 is 4.74 Å². The first-order valence-electron chi connectivity index (χ1n) is 7.10. The smallest absolute Gasteiger partial charge is 0.241 e. The van der Waals surface area contributed by atoms with Crippen molar-refractivity contribution < 1.29 is 9.53 Å². The summed E-state index contributed by atoms with van der Waals surface area (Å²) in [5.74, 6) is 0.700. The van der Waals surface area contributed by atoms with Crippen molar-refractivity contribution in [2.75, 3.05) is 6.61 Å². The molecule has 116 valence electrons. The Labute approximate surface area is 132 Å². The molecule has 0 atom stereocenters. The molecule has 0 saturated heterocycles. The summed E-state index contributed by atoms with van der Waals surface area (Å²) in [5, 5.41) is 4.11. The van der Waals surface area contributed by atoms with Crippen LogP contribution in [0.15, 0.2) is 29.4 Å². The van der Waals surface area contributed by atoms with E-state index in [9.17, 15) is 4.79 Å². The topological polar surface area (TPSA) is 50.7 Å². The van der Waals surface area contributed by atoms with Crippen molar-refractivity contribution in [3.63, 3.8) is 0 Å². The van der Waals surface area contributed by atoms with E-state index in [0.29, 0.717) is 13.0 Å². The maximum Gasteiger partial charge on any atom is 0.241 e. The lowest BCUT2D eigenvalue weighted by Crippen LogP contribution is -2.26. The molecule has 0 saturated carbocycles. The van der Waals surface area contributed by atoms with Crippen molar-refractivity contribution in [2.24, 2.45) is 5.10 Å². The van der Waals surface area contributed by atoms with Crippen molar-refractivity contribution in [1.29, 1.82) is 0 Å². The van der Waals surface area contributed by atoms with E-state index in [1.807, 2.05) is 45.0 Å². The molecule has 0 unspecified atom stereocenters. The molecule has 0 radical (unpaired) electrons. The zero-order valence-corrected chi connectivity index (χ0v) is 14.0. The second-order valence-electron chi connectivity index (χ2n) is 5.59. The van der Waals surface area contributed by atoms with E-state index < -0.39 is 0 Å². The number of nitrogens with one attached hydrogen (secondary N) is 1. The highest BCUT2D eigenvalue weighted by Gasteiger charge is 2.16. The van der Waals surface area contributed by atoms with Crippen LogP contribution in [-0.2, 0) is 4.79 Å². The maximum atomic E-state index is 11.7. The molecule has 0 aromatic heterocycles. The highest BCUT2D eigenvalue weighted by Crippen LogP contribution is 2.16. The number of amides is 1. The number of hydrazone groups is 1. The molecule has 1 amide bonds. The average molecular weight is 308 g/mol. The fraction of sp³-hybridized carbons (Fsp3) is 0.500. The standard InChI is InChI=1S/C16H24N2O2S/c1-5-10-20-14-8-6-13(7-9-14)12(2)17-18-15(19)11-16(3,4)21/h6-9,21H,5,10-11H2,1-4H3,(H,18,19)/b17-12+. The van der Waals surface area contributed by atoms with Gasteiger partial charge in [0.25, 0.3) is 0 Å². The van der Waals surface area contributed by atoms with Crippen molar-refractivity contribution in [2.45, 2.75) is 45.3 Å². The number of carbonyl (C=O) groups excluding carboxylic acids is 1. The summed E-state index contributed by atoms with van der Waals surface area (Å²) in [6, 6.07) is 7.67. The van der Waals surface area contributed by atoms with E-state index in [1.165, 1.54) is 0 Å². The summed E-state index contributed by atoms with van der Waals surface area (Å²) < 4.78 is 5.18. The van der Waals surface area contributed by atoms with Crippen LogP contribution in [0, 0.1) is 0 Å². The second kappa shape index (κ2) is 8.08. The van der Waals surface area contributed by atoms with Crippen LogP contribution in [0.2, 0.25) is 0 Å². The van der Waals surface area contributed by atoms with Crippen molar-refractivity contribution in [3.8, 4) is 5.75 Å². The number of benzene rings is 1. The van der Waals surface area contributed by atoms with E-state index in [-0.39, 0.29) is 10.7 Å². The molecule has 21 heavy (non-hydrogen) atoms. The third-order valence-electron chi connectivity index (χ3n) is 2.69. The Kier molecular flexibility index (Phi) is 6.75. The second-order valence-corrected chi connectivity index (χ2v) is 6.80. The Morgan fingerprint density at radius 3 is 2.48 bits per heavy atom. The minimum atomic E-state index is -0.341. The summed E-state index contributed by atoms with van der Waals surface area (Å²) in [5.41, 5.74) is 4.26. The van der Waals surface area contributed by atoms with E-state index in [1.54, 1.807) is 0 Å². The van der Waals surface area contributed by atoms with E-state index in [4.69, 9.17) is 4.74 Å². The Morgan fingerprint density at radius 1 is 1.33 bits per heavy atom. The maximum absolute atomic E-state index is 11.7. The minimum absolute atomic E-state index is 0.141. The summed E-state index contributed by atoms with van der Waals surface area (Å²) >= 11 is 4.32. The fourth-order valence-electron chi connectivity index (χ4n) is 1.66. The Hall–Kier alpha value is -1.49. The molecule has 0 spiro atoms. The molecule has 1 rings (SSSR count). The van der Waals surface area contributed by atoms with Gasteiger partial charge in [-0.2, -0.15) is 17.7 Å². The van der Waals surface area contributed by atoms with Crippen LogP contribution in [0.5, 0.6) is 5.75 Å². The molecule has 0 heterocycles. The van der Waals surface area contributed by atoms with Gasteiger partial charge in [0.15, 0.2) is 0 Å². The number of hydrogen-bond acceptors (Lipinski definition) is 4. The predicted octanol–water partition coefficient (Wildman–Crippen LogP) is 3.41. The molecule has 0 aliphatic heterocycles. The number of thiol groups is 1. The third-order valence-corrected chi connectivity index (χ3v) is 2.84. The lowest BCUT2D eigenvalue weighted by Gasteiger charge is -2.15. The zero-order valence-electron chi connectivity index (χ0n) is 13.1. The number of carbonyl (C=O) groups is 1. The molecule has 4 nitrogen and oxygen atoms in total. The van der Waals surface area contributed by atoms with Crippen LogP contribution in [0.3, 0.4) is 0 Å². The Bertz CT molecular complexity index is 490. The van der Waals surface area contributed by atoms with Gasteiger partial charge in [0.05, 0.1) is 12.3 Å². The molecule has 1 aromatic rings. The normalized spacial score (nSPS) is 12.1. The zero-order chi connectivity index (χ0) is 15.9. The summed E-state index contributed by atoms with van der Waals surface area (Å²) in [6.07, 6.45) is 1.30.